The summed E-state index contributed by atoms with van der Waals surface area (Å²) in [5.41, 5.74) is 0. The zero-order valence-electron chi connectivity index (χ0n) is 50.0. The van der Waals surface area contributed by atoms with Gasteiger partial charge < -0.3 is 14.2 Å². The molecule has 0 aromatic rings. The van der Waals surface area contributed by atoms with E-state index in [0.29, 0.717) is 19.3 Å². The topological polar surface area (TPSA) is 78.9 Å². The second-order valence-corrected chi connectivity index (χ2v) is 21.3. The maximum atomic E-state index is 12.9. The number of unbranched alkanes of at least 4 members (excludes halogenated alkanes) is 31. The van der Waals surface area contributed by atoms with Crippen LogP contribution in [0.25, 0.3) is 0 Å². The summed E-state index contributed by atoms with van der Waals surface area (Å²) in [6, 6.07) is 0. The molecule has 0 aromatic heterocycles. The first-order valence-corrected chi connectivity index (χ1v) is 32.2. The molecule has 76 heavy (non-hydrogen) atoms. The maximum Gasteiger partial charge on any atom is 0.306 e. The van der Waals surface area contributed by atoms with E-state index < -0.39 is 6.10 Å². The van der Waals surface area contributed by atoms with Crippen LogP contribution in [0.5, 0.6) is 0 Å². The third-order valence-electron chi connectivity index (χ3n) is 13.8. The molecule has 436 valence electrons. The van der Waals surface area contributed by atoms with Gasteiger partial charge in [0.25, 0.3) is 0 Å². The lowest BCUT2D eigenvalue weighted by atomic mass is 10.0. The molecule has 1 unspecified atom stereocenters. The third kappa shape index (κ3) is 61.2. The van der Waals surface area contributed by atoms with Crippen LogP contribution in [0.1, 0.15) is 310 Å². The fourth-order valence-corrected chi connectivity index (χ4v) is 8.97. The average Bonchev–Trinajstić information content (AvgIpc) is 3.42. The van der Waals surface area contributed by atoms with Crippen LogP contribution in [0.4, 0.5) is 0 Å². The van der Waals surface area contributed by atoms with E-state index in [1.165, 1.54) is 148 Å². The van der Waals surface area contributed by atoms with Gasteiger partial charge in [-0.2, -0.15) is 0 Å². The van der Waals surface area contributed by atoms with Crippen LogP contribution in [0.15, 0.2) is 97.2 Å². The monoisotopic (exact) mass is 1060 g/mol. The largest absolute Gasteiger partial charge is 0.462 e. The number of esters is 3. The maximum absolute atomic E-state index is 12.9. The Kier molecular flexibility index (Phi) is 60.8. The van der Waals surface area contributed by atoms with Crippen LogP contribution >= 0.6 is 0 Å². The van der Waals surface area contributed by atoms with Gasteiger partial charge in [-0.25, -0.2) is 0 Å². The summed E-state index contributed by atoms with van der Waals surface area (Å²) in [5.74, 6) is -0.900. The van der Waals surface area contributed by atoms with E-state index in [0.717, 1.165) is 122 Å². The number of carbonyl (C=O) groups is 3. The highest BCUT2D eigenvalue weighted by Gasteiger charge is 2.19. The lowest BCUT2D eigenvalue weighted by molar-refractivity contribution is -0.167. The van der Waals surface area contributed by atoms with Crippen molar-refractivity contribution in [3.8, 4) is 0 Å². The van der Waals surface area contributed by atoms with Gasteiger partial charge in [0.05, 0.1) is 0 Å². The Labute approximate surface area is 470 Å². The molecule has 0 aliphatic carbocycles. The minimum absolute atomic E-state index is 0.0847. The molecule has 6 heteroatoms. The summed E-state index contributed by atoms with van der Waals surface area (Å²) in [6.45, 7) is 6.46. The number of hydrogen-bond donors (Lipinski definition) is 0. The van der Waals surface area contributed by atoms with Crippen LogP contribution in [0.2, 0.25) is 0 Å². The molecule has 0 saturated carbocycles. The molecule has 0 spiro atoms. The van der Waals surface area contributed by atoms with Crippen molar-refractivity contribution in [1.29, 1.82) is 0 Å². The minimum atomic E-state index is -0.788. The molecule has 0 aromatic carbocycles. The lowest BCUT2D eigenvalue weighted by Gasteiger charge is -2.18. The minimum Gasteiger partial charge on any atom is -0.462 e. The van der Waals surface area contributed by atoms with Crippen LogP contribution in [-0.2, 0) is 28.6 Å². The molecule has 0 fully saturated rings. The number of carbonyl (C=O) groups excluding carboxylic acids is 3. The van der Waals surface area contributed by atoms with Crippen molar-refractivity contribution in [2.24, 2.45) is 0 Å². The van der Waals surface area contributed by atoms with Crippen molar-refractivity contribution in [2.45, 2.75) is 316 Å². The van der Waals surface area contributed by atoms with Gasteiger partial charge in [0.2, 0.25) is 0 Å². The van der Waals surface area contributed by atoms with Crippen molar-refractivity contribution in [1.82, 2.24) is 0 Å². The van der Waals surface area contributed by atoms with Gasteiger partial charge in [0.1, 0.15) is 13.2 Å². The summed E-state index contributed by atoms with van der Waals surface area (Å²) in [5, 5.41) is 0. The number of hydrogen-bond acceptors (Lipinski definition) is 6. The zero-order chi connectivity index (χ0) is 55.0. The fraction of sp³-hybridized carbons (Fsp3) is 0.729. The van der Waals surface area contributed by atoms with Crippen LogP contribution in [-0.4, -0.2) is 37.2 Å². The molecule has 0 radical (unpaired) electrons. The van der Waals surface area contributed by atoms with E-state index in [-0.39, 0.29) is 31.1 Å². The lowest BCUT2D eigenvalue weighted by Crippen LogP contribution is -2.30. The average molecular weight is 1060 g/mol. The molecule has 0 amide bonds. The number of rotatable bonds is 58. The quantitative estimate of drug-likeness (QED) is 0.0261. The van der Waals surface area contributed by atoms with E-state index in [9.17, 15) is 14.4 Å². The predicted octanol–water partition coefficient (Wildman–Crippen LogP) is 22.0. The summed E-state index contributed by atoms with van der Waals surface area (Å²) >= 11 is 0. The van der Waals surface area contributed by atoms with Crippen LogP contribution in [0.3, 0.4) is 0 Å². The molecule has 0 heterocycles. The highest BCUT2D eigenvalue weighted by atomic mass is 16.6. The molecular weight excluding hydrogens is 937 g/mol. The van der Waals surface area contributed by atoms with Crippen LogP contribution < -0.4 is 0 Å². The Hall–Kier alpha value is -3.67. The van der Waals surface area contributed by atoms with Crippen LogP contribution in [0, 0.1) is 0 Å². The number of allylic oxidation sites excluding steroid dienone is 16. The molecular formula is C70H120O6. The summed E-state index contributed by atoms with van der Waals surface area (Å²) in [7, 11) is 0. The first kappa shape index (κ1) is 72.3. The first-order valence-electron chi connectivity index (χ1n) is 32.2. The van der Waals surface area contributed by atoms with E-state index in [1.54, 1.807) is 0 Å². The van der Waals surface area contributed by atoms with Crippen molar-refractivity contribution < 1.29 is 28.6 Å². The zero-order valence-corrected chi connectivity index (χ0v) is 50.0. The Bertz CT molecular complexity index is 1490. The van der Waals surface area contributed by atoms with Gasteiger partial charge in [-0.15, -0.1) is 0 Å². The molecule has 0 saturated heterocycles. The molecule has 0 aliphatic heterocycles. The summed E-state index contributed by atoms with van der Waals surface area (Å²) < 4.78 is 16.9. The molecule has 0 bridgehead atoms. The van der Waals surface area contributed by atoms with E-state index >= 15 is 0 Å². The molecule has 6 nitrogen and oxygen atoms in total. The normalized spacial score (nSPS) is 12.7. The second kappa shape index (κ2) is 63.9. The van der Waals surface area contributed by atoms with E-state index in [1.807, 2.05) is 0 Å². The highest BCUT2D eigenvalue weighted by molar-refractivity contribution is 5.71. The second-order valence-electron chi connectivity index (χ2n) is 21.3. The Morgan fingerprint density at radius 2 is 0.539 bits per heavy atom. The van der Waals surface area contributed by atoms with Gasteiger partial charge in [-0.05, 0) is 116 Å². The Balaban J connectivity index is 4.24. The third-order valence-corrected chi connectivity index (χ3v) is 13.8. The molecule has 0 rings (SSSR count). The first-order chi connectivity index (χ1) is 37.5. The van der Waals surface area contributed by atoms with E-state index in [2.05, 4.69) is 118 Å². The van der Waals surface area contributed by atoms with Crippen molar-refractivity contribution in [3.05, 3.63) is 97.2 Å². The predicted molar refractivity (Wildman–Crippen MR) is 330 cm³/mol. The summed E-state index contributed by atoms with van der Waals surface area (Å²) in [4.78, 5) is 38.2. The van der Waals surface area contributed by atoms with Gasteiger partial charge in [-0.1, -0.05) is 272 Å². The van der Waals surface area contributed by atoms with Crippen molar-refractivity contribution in [2.75, 3.05) is 13.2 Å². The fourth-order valence-electron chi connectivity index (χ4n) is 8.97. The smallest absolute Gasteiger partial charge is 0.306 e. The highest BCUT2D eigenvalue weighted by Crippen LogP contribution is 2.16. The van der Waals surface area contributed by atoms with Gasteiger partial charge in [-0.3, -0.25) is 14.4 Å². The Morgan fingerprint density at radius 1 is 0.276 bits per heavy atom. The van der Waals surface area contributed by atoms with Gasteiger partial charge >= 0.3 is 17.9 Å². The van der Waals surface area contributed by atoms with Gasteiger partial charge in [0, 0.05) is 19.3 Å². The van der Waals surface area contributed by atoms with Crippen molar-refractivity contribution >= 4 is 17.9 Å². The molecule has 0 aliphatic rings. The molecule has 1 atom stereocenters. The number of ether oxygens (including phenoxy) is 3. The standard InChI is InChI=1S/C70H120O6/c1-4-7-10-13-16-19-22-24-26-28-30-32-33-34-35-36-37-39-40-42-44-46-48-51-54-57-60-63-69(72)75-66-67(65-74-68(71)62-59-56-53-50-21-18-15-12-9-6-3)76-70(73)64-61-58-55-52-49-47-45-43-41-38-31-29-27-25-23-20-17-14-11-8-5-2/h7,10,12,15-16,19,23-26,29-32,41,43,67H,4-6,8-9,11,13-14,17-18,20-22,27-28,33-40,42,44-66H2,1-3H3/b10-7-,15-12-,19-16-,25-23-,26-24-,31-29-,32-30-,43-41-. The van der Waals surface area contributed by atoms with Crippen molar-refractivity contribution in [3.63, 3.8) is 0 Å². The molecule has 0 N–H and O–H groups in total. The van der Waals surface area contributed by atoms with E-state index in [4.69, 9.17) is 14.2 Å². The summed E-state index contributed by atoms with van der Waals surface area (Å²) in [6.07, 6.45) is 85.7. The SMILES string of the molecule is CC/C=C\C/C=C\C/C=C\C/C=C\CCCCCCCCCCCCCCCCC(=O)OCC(COC(=O)CCCCCCC/C=C\CCC)OC(=O)CCCCCCCC/C=C\C/C=C\C/C=C\CCCCCCC. The Morgan fingerprint density at radius 3 is 0.868 bits per heavy atom. The van der Waals surface area contributed by atoms with Gasteiger partial charge in [0.15, 0.2) is 6.10 Å².